The first-order chi connectivity index (χ1) is 9.10. The van der Waals surface area contributed by atoms with Gasteiger partial charge in [0.15, 0.2) is 0 Å². The van der Waals surface area contributed by atoms with E-state index in [0.717, 1.165) is 5.57 Å². The Morgan fingerprint density at radius 1 is 1.13 bits per heavy atom. The lowest BCUT2D eigenvalue weighted by molar-refractivity contribution is 0.0110. The quantitative estimate of drug-likeness (QED) is 0.660. The first kappa shape index (κ1) is 7.08. The van der Waals surface area contributed by atoms with Crippen LogP contribution in [0.4, 0.5) is 0 Å². The first-order valence-corrected chi connectivity index (χ1v) is 4.93. The fourth-order valence-corrected chi connectivity index (χ4v) is 1.24. The number of hydrogen-bond acceptors (Lipinski definition) is 2. The summed E-state index contributed by atoms with van der Waals surface area (Å²) in [6.07, 6.45) is 0. The lowest BCUT2D eigenvalue weighted by atomic mass is 9.87. The van der Waals surface area contributed by atoms with Crippen molar-refractivity contribution < 1.29 is 17.7 Å². The number of ether oxygens (including phenoxy) is 2. The Kier molecular flexibility index (Phi) is 2.42. The molecule has 0 rings (SSSR count). The highest BCUT2D eigenvalue weighted by Gasteiger charge is 2.28. The van der Waals surface area contributed by atoms with Crippen molar-refractivity contribution in [1.82, 2.24) is 0 Å². The number of hydrogen-bond donors (Lipinski definition) is 0. The molecule has 90 valence electrons. The molecule has 0 saturated heterocycles. The Morgan fingerprint density at radius 2 is 1.67 bits per heavy atom. The molecular formula is C13H26O2. The minimum atomic E-state index is -2.51. The molecule has 0 aromatic rings. The van der Waals surface area contributed by atoms with Crippen LogP contribution in [-0.2, 0) is 9.47 Å². The maximum atomic E-state index is 7.58. The SMILES string of the molecule is [2H]C([2H])C([2H])OC(C)(C)/C(C)=C(/C)C(C)(C)OC([2H])([2H])[2H]. The summed E-state index contributed by atoms with van der Waals surface area (Å²) >= 11 is 0. The molecule has 0 spiro atoms. The normalized spacial score (nSPS) is 24.2. The molecule has 0 radical (unpaired) electrons. The van der Waals surface area contributed by atoms with E-state index in [4.69, 9.17) is 17.7 Å². The van der Waals surface area contributed by atoms with Gasteiger partial charge in [0, 0.05) is 16.4 Å². The van der Waals surface area contributed by atoms with Crippen LogP contribution in [0, 0.1) is 0 Å². The van der Waals surface area contributed by atoms with Crippen LogP contribution in [-0.4, -0.2) is 24.8 Å². The van der Waals surface area contributed by atoms with Gasteiger partial charge in [0.25, 0.3) is 0 Å². The Morgan fingerprint density at radius 3 is 2.13 bits per heavy atom. The molecule has 0 aliphatic heterocycles. The molecule has 1 unspecified atom stereocenters. The Labute approximate surface area is 103 Å². The minimum Gasteiger partial charge on any atom is -0.374 e. The van der Waals surface area contributed by atoms with E-state index in [0.29, 0.717) is 5.57 Å². The molecule has 0 amide bonds. The standard InChI is InChI=1S/C13H26O2/c1-9-15-13(6,7)11(3)10(2)12(4,5)14-8/h9H2,1-8H3/b11-10-/i1D2,8D3,9D. The molecule has 0 aliphatic rings. The van der Waals surface area contributed by atoms with Crippen molar-refractivity contribution in [3.8, 4) is 0 Å². The second-order valence-corrected chi connectivity index (χ2v) is 4.63. The van der Waals surface area contributed by atoms with Gasteiger partial charge in [-0.25, -0.2) is 0 Å². The van der Waals surface area contributed by atoms with Gasteiger partial charge in [-0.3, -0.25) is 0 Å². The van der Waals surface area contributed by atoms with Crippen LogP contribution in [0.25, 0.3) is 0 Å². The predicted molar refractivity (Wildman–Crippen MR) is 65.2 cm³/mol. The number of rotatable bonds is 5. The van der Waals surface area contributed by atoms with Crippen LogP contribution in [0.3, 0.4) is 0 Å². The highest BCUT2D eigenvalue weighted by Crippen LogP contribution is 2.30. The van der Waals surface area contributed by atoms with Crippen LogP contribution in [0.2, 0.25) is 0 Å². The van der Waals surface area contributed by atoms with Crippen molar-refractivity contribution in [3.05, 3.63) is 11.1 Å². The Hall–Kier alpha value is -0.340. The molecule has 2 heteroatoms. The molecule has 0 heterocycles. The largest absolute Gasteiger partial charge is 0.374 e. The second kappa shape index (κ2) is 5.13. The highest BCUT2D eigenvalue weighted by molar-refractivity contribution is 5.25. The van der Waals surface area contributed by atoms with Crippen LogP contribution < -0.4 is 0 Å². The van der Waals surface area contributed by atoms with Crippen molar-refractivity contribution >= 4 is 0 Å². The molecule has 0 fully saturated rings. The van der Waals surface area contributed by atoms with Gasteiger partial charge >= 0.3 is 0 Å². The van der Waals surface area contributed by atoms with Gasteiger partial charge in [-0.2, -0.15) is 0 Å². The third kappa shape index (κ3) is 3.62. The molecule has 0 saturated carbocycles. The summed E-state index contributed by atoms with van der Waals surface area (Å²) in [5.74, 6) is 0. The van der Waals surface area contributed by atoms with Crippen LogP contribution in [0.5, 0.6) is 0 Å². The zero-order chi connectivity index (χ0) is 17.2. The second-order valence-electron chi connectivity index (χ2n) is 4.63. The summed E-state index contributed by atoms with van der Waals surface area (Å²) in [7, 11) is -2.51. The predicted octanol–water partition coefficient (Wildman–Crippen LogP) is 3.56. The van der Waals surface area contributed by atoms with E-state index in [9.17, 15) is 0 Å². The van der Waals surface area contributed by atoms with Gasteiger partial charge in [-0.05, 0) is 59.6 Å². The van der Waals surface area contributed by atoms with Gasteiger partial charge in [0.2, 0.25) is 0 Å². The summed E-state index contributed by atoms with van der Waals surface area (Å²) in [6, 6.07) is 0. The molecule has 0 N–H and O–H groups in total. The minimum absolute atomic E-state index is 0.683. The maximum absolute atomic E-state index is 7.58. The zero-order valence-corrected chi connectivity index (χ0v) is 10.5. The summed E-state index contributed by atoms with van der Waals surface area (Å²) in [5, 5.41) is 0. The van der Waals surface area contributed by atoms with E-state index < -0.39 is 31.7 Å². The smallest absolute Gasteiger partial charge is 0.0836 e. The number of methoxy groups -OCH3 is 1. The van der Waals surface area contributed by atoms with Crippen LogP contribution in [0.1, 0.15) is 56.6 Å². The summed E-state index contributed by atoms with van der Waals surface area (Å²) in [4.78, 5) is 0. The third-order valence-corrected chi connectivity index (χ3v) is 2.99. The molecule has 0 aliphatic carbocycles. The molecule has 0 bridgehead atoms. The molecule has 15 heavy (non-hydrogen) atoms. The van der Waals surface area contributed by atoms with E-state index in [1.54, 1.807) is 41.5 Å². The van der Waals surface area contributed by atoms with Crippen LogP contribution in [0.15, 0.2) is 11.1 Å². The fraction of sp³-hybridized carbons (Fsp3) is 0.846. The van der Waals surface area contributed by atoms with Crippen molar-refractivity contribution in [2.24, 2.45) is 0 Å². The zero-order valence-electron chi connectivity index (χ0n) is 16.5. The summed E-state index contributed by atoms with van der Waals surface area (Å²) < 4.78 is 54.2. The van der Waals surface area contributed by atoms with E-state index >= 15 is 0 Å². The van der Waals surface area contributed by atoms with E-state index in [-0.39, 0.29) is 0 Å². The van der Waals surface area contributed by atoms with Gasteiger partial charge in [-0.1, -0.05) is 0 Å². The average Bonchev–Trinajstić information content (AvgIpc) is 2.22. The van der Waals surface area contributed by atoms with Gasteiger partial charge in [-0.15, -0.1) is 0 Å². The van der Waals surface area contributed by atoms with Crippen molar-refractivity contribution in [2.45, 2.75) is 59.6 Å². The molecular weight excluding hydrogens is 188 g/mol. The maximum Gasteiger partial charge on any atom is 0.0836 e. The average molecular weight is 220 g/mol. The fourth-order valence-electron chi connectivity index (χ4n) is 1.24. The lowest BCUT2D eigenvalue weighted by Crippen LogP contribution is -2.32. The highest BCUT2D eigenvalue weighted by atomic mass is 16.5. The molecule has 0 aromatic heterocycles. The molecule has 0 aromatic carbocycles. The topological polar surface area (TPSA) is 18.5 Å². The van der Waals surface area contributed by atoms with E-state index in [2.05, 4.69) is 0 Å². The first-order valence-electron chi connectivity index (χ1n) is 8.16. The van der Waals surface area contributed by atoms with E-state index in [1.807, 2.05) is 0 Å². The summed E-state index contributed by atoms with van der Waals surface area (Å²) in [6.45, 7) is 7.58. The van der Waals surface area contributed by atoms with Crippen LogP contribution >= 0.6 is 0 Å². The van der Waals surface area contributed by atoms with Crippen molar-refractivity contribution in [2.75, 3.05) is 13.6 Å². The monoisotopic (exact) mass is 220 g/mol. The summed E-state index contributed by atoms with van der Waals surface area (Å²) in [5.41, 5.74) is -0.516. The van der Waals surface area contributed by atoms with Crippen molar-refractivity contribution in [1.29, 1.82) is 0 Å². The third-order valence-electron chi connectivity index (χ3n) is 2.99. The molecule has 2 nitrogen and oxygen atoms in total. The van der Waals surface area contributed by atoms with Gasteiger partial charge in [0.1, 0.15) is 0 Å². The lowest BCUT2D eigenvalue weighted by Gasteiger charge is -2.33. The van der Waals surface area contributed by atoms with Gasteiger partial charge < -0.3 is 9.47 Å². The Bertz CT molecular complexity index is 385. The van der Waals surface area contributed by atoms with Gasteiger partial charge in [0.05, 0.1) is 16.7 Å². The molecule has 1 atom stereocenters. The Balaban J connectivity index is 5.36. The van der Waals surface area contributed by atoms with Crippen molar-refractivity contribution in [3.63, 3.8) is 0 Å². The van der Waals surface area contributed by atoms with E-state index in [1.165, 1.54) is 0 Å².